The zero-order chi connectivity index (χ0) is 8.27. The second-order valence-electron chi connectivity index (χ2n) is 3.48. The maximum Gasteiger partial charge on any atom is 0.131 e. The predicted octanol–water partition coefficient (Wildman–Crippen LogP) is 1.45. The van der Waals surface area contributed by atoms with Crippen LogP contribution in [-0.2, 0) is 4.79 Å². The Balaban J connectivity index is 2.20. The van der Waals surface area contributed by atoms with Crippen molar-refractivity contribution < 1.29 is 4.79 Å². The fraction of sp³-hybridized carbons (Fsp3) is 0.889. The fourth-order valence-electron chi connectivity index (χ4n) is 1.63. The first-order chi connectivity index (χ1) is 5.20. The maximum atomic E-state index is 10.7. The average molecular weight is 155 g/mol. The number of carbonyl (C=O) groups excluding carboxylic acids is 1. The number of ketones is 1. The van der Waals surface area contributed by atoms with E-state index in [2.05, 4.69) is 11.8 Å². The smallest absolute Gasteiger partial charge is 0.131 e. The Bertz CT molecular complexity index is 144. The second-order valence-corrected chi connectivity index (χ2v) is 3.48. The third kappa shape index (κ3) is 2.62. The number of nitrogens with zero attached hydrogens (tertiary/aromatic N) is 1. The van der Waals surface area contributed by atoms with Crippen molar-refractivity contribution in [1.82, 2.24) is 4.90 Å². The van der Waals surface area contributed by atoms with Crippen LogP contribution >= 0.6 is 0 Å². The summed E-state index contributed by atoms with van der Waals surface area (Å²) < 4.78 is 0. The van der Waals surface area contributed by atoms with Gasteiger partial charge in [-0.1, -0.05) is 0 Å². The van der Waals surface area contributed by atoms with Gasteiger partial charge in [0.1, 0.15) is 5.78 Å². The topological polar surface area (TPSA) is 20.3 Å². The Kier molecular flexibility index (Phi) is 3.06. The van der Waals surface area contributed by atoms with E-state index in [0.29, 0.717) is 11.8 Å². The molecule has 0 saturated carbocycles. The van der Waals surface area contributed by atoms with Crippen molar-refractivity contribution in [3.63, 3.8) is 0 Å². The van der Waals surface area contributed by atoms with E-state index in [1.807, 2.05) is 0 Å². The summed E-state index contributed by atoms with van der Waals surface area (Å²) in [6.45, 7) is 6.07. The monoisotopic (exact) mass is 155 g/mol. The molecule has 64 valence electrons. The van der Waals surface area contributed by atoms with E-state index >= 15 is 0 Å². The van der Waals surface area contributed by atoms with E-state index in [1.165, 1.54) is 19.4 Å². The fourth-order valence-corrected chi connectivity index (χ4v) is 1.63. The first kappa shape index (κ1) is 8.72. The van der Waals surface area contributed by atoms with Crippen LogP contribution in [0.5, 0.6) is 0 Å². The molecule has 1 unspecified atom stereocenters. The molecule has 0 aromatic rings. The number of hydrogen-bond acceptors (Lipinski definition) is 2. The molecule has 2 heteroatoms. The van der Waals surface area contributed by atoms with Gasteiger partial charge in [0, 0.05) is 19.0 Å². The van der Waals surface area contributed by atoms with E-state index in [0.717, 1.165) is 13.0 Å². The van der Waals surface area contributed by atoms with Gasteiger partial charge in [0.2, 0.25) is 0 Å². The molecule has 0 aromatic heterocycles. The summed E-state index contributed by atoms with van der Waals surface area (Å²) in [5.74, 6) is 0.309. The maximum absolute atomic E-state index is 10.7. The molecule has 0 N–H and O–H groups in total. The quantitative estimate of drug-likeness (QED) is 0.615. The number of Topliss-reactive ketones (excluding diaryl/α,β-unsaturated/α-hetero) is 1. The summed E-state index contributed by atoms with van der Waals surface area (Å²) >= 11 is 0. The Morgan fingerprint density at radius 2 is 2.36 bits per heavy atom. The molecule has 0 radical (unpaired) electrons. The van der Waals surface area contributed by atoms with E-state index in [-0.39, 0.29) is 0 Å². The molecule has 1 fully saturated rings. The van der Waals surface area contributed by atoms with Gasteiger partial charge >= 0.3 is 0 Å². The van der Waals surface area contributed by atoms with Crippen molar-refractivity contribution in [3.05, 3.63) is 0 Å². The lowest BCUT2D eigenvalue weighted by atomic mass is 10.2. The lowest BCUT2D eigenvalue weighted by Crippen LogP contribution is -2.28. The highest BCUT2D eigenvalue weighted by Gasteiger charge is 2.19. The van der Waals surface area contributed by atoms with Gasteiger partial charge in [0.15, 0.2) is 0 Å². The molecule has 1 aliphatic rings. The summed E-state index contributed by atoms with van der Waals surface area (Å²) in [5, 5.41) is 0. The molecular weight excluding hydrogens is 138 g/mol. The van der Waals surface area contributed by atoms with Gasteiger partial charge in [-0.05, 0) is 33.2 Å². The molecule has 0 bridgehead atoms. The van der Waals surface area contributed by atoms with E-state index in [4.69, 9.17) is 0 Å². The minimum absolute atomic E-state index is 0.309. The van der Waals surface area contributed by atoms with Gasteiger partial charge in [-0.2, -0.15) is 0 Å². The normalized spacial score (nSPS) is 25.8. The van der Waals surface area contributed by atoms with Crippen molar-refractivity contribution >= 4 is 5.78 Å². The molecule has 0 amide bonds. The number of carbonyl (C=O) groups is 1. The average Bonchev–Trinajstić information content (AvgIpc) is 2.31. The predicted molar refractivity (Wildman–Crippen MR) is 45.6 cm³/mol. The van der Waals surface area contributed by atoms with Crippen molar-refractivity contribution in [2.45, 2.75) is 39.2 Å². The van der Waals surface area contributed by atoms with Crippen molar-refractivity contribution in [2.24, 2.45) is 0 Å². The SMILES string of the molecule is CC(=O)CCN1CCCC1C. The van der Waals surface area contributed by atoms with Crippen LogP contribution in [0.4, 0.5) is 0 Å². The lowest BCUT2D eigenvalue weighted by molar-refractivity contribution is -0.117. The zero-order valence-electron chi connectivity index (χ0n) is 7.47. The molecular formula is C9H17NO. The molecule has 0 aromatic carbocycles. The molecule has 1 rings (SSSR count). The van der Waals surface area contributed by atoms with Crippen LogP contribution in [0, 0.1) is 0 Å². The Morgan fingerprint density at radius 1 is 1.64 bits per heavy atom. The zero-order valence-corrected chi connectivity index (χ0v) is 7.47. The van der Waals surface area contributed by atoms with Crippen LogP contribution in [0.3, 0.4) is 0 Å². The summed E-state index contributed by atoms with van der Waals surface area (Å²) in [5.41, 5.74) is 0. The highest BCUT2D eigenvalue weighted by atomic mass is 16.1. The summed E-state index contributed by atoms with van der Waals surface area (Å²) in [6.07, 6.45) is 3.33. The van der Waals surface area contributed by atoms with E-state index in [1.54, 1.807) is 6.92 Å². The van der Waals surface area contributed by atoms with Gasteiger partial charge < -0.3 is 4.90 Å². The molecule has 1 atom stereocenters. The third-order valence-corrected chi connectivity index (χ3v) is 2.44. The molecule has 1 heterocycles. The van der Waals surface area contributed by atoms with Gasteiger partial charge in [-0.25, -0.2) is 0 Å². The second kappa shape index (κ2) is 3.86. The summed E-state index contributed by atoms with van der Waals surface area (Å²) in [4.78, 5) is 13.1. The van der Waals surface area contributed by atoms with Crippen molar-refractivity contribution in [2.75, 3.05) is 13.1 Å². The van der Waals surface area contributed by atoms with E-state index < -0.39 is 0 Å². The number of rotatable bonds is 3. The van der Waals surface area contributed by atoms with Crippen LogP contribution in [0.15, 0.2) is 0 Å². The summed E-state index contributed by atoms with van der Waals surface area (Å²) in [7, 11) is 0. The molecule has 0 spiro atoms. The number of likely N-dealkylation sites (tertiary alicyclic amines) is 1. The highest BCUT2D eigenvalue weighted by molar-refractivity contribution is 5.75. The van der Waals surface area contributed by atoms with Crippen molar-refractivity contribution in [3.8, 4) is 0 Å². The van der Waals surface area contributed by atoms with Gasteiger partial charge in [-0.3, -0.25) is 4.79 Å². The molecule has 1 saturated heterocycles. The lowest BCUT2D eigenvalue weighted by Gasteiger charge is -2.19. The molecule has 1 aliphatic heterocycles. The standard InChI is InChI=1S/C9H17NO/c1-8-4-3-6-10(8)7-5-9(2)11/h8H,3-7H2,1-2H3. The Labute approximate surface area is 68.6 Å². The molecule has 11 heavy (non-hydrogen) atoms. The third-order valence-electron chi connectivity index (χ3n) is 2.44. The van der Waals surface area contributed by atoms with Crippen LogP contribution in [0.2, 0.25) is 0 Å². The Morgan fingerprint density at radius 3 is 2.82 bits per heavy atom. The molecule has 2 nitrogen and oxygen atoms in total. The van der Waals surface area contributed by atoms with Crippen LogP contribution in [-0.4, -0.2) is 29.8 Å². The van der Waals surface area contributed by atoms with Gasteiger partial charge in [0.25, 0.3) is 0 Å². The molecule has 0 aliphatic carbocycles. The van der Waals surface area contributed by atoms with Crippen molar-refractivity contribution in [1.29, 1.82) is 0 Å². The first-order valence-corrected chi connectivity index (χ1v) is 4.43. The highest BCUT2D eigenvalue weighted by Crippen LogP contribution is 2.15. The minimum atomic E-state index is 0.309. The first-order valence-electron chi connectivity index (χ1n) is 4.43. The summed E-state index contributed by atoms with van der Waals surface area (Å²) in [6, 6.07) is 0.703. The number of hydrogen-bond donors (Lipinski definition) is 0. The Hall–Kier alpha value is -0.370. The van der Waals surface area contributed by atoms with Gasteiger partial charge in [-0.15, -0.1) is 0 Å². The van der Waals surface area contributed by atoms with Crippen LogP contribution in [0.1, 0.15) is 33.1 Å². The van der Waals surface area contributed by atoms with Crippen LogP contribution in [0.25, 0.3) is 0 Å². The minimum Gasteiger partial charge on any atom is -0.300 e. The van der Waals surface area contributed by atoms with Gasteiger partial charge in [0.05, 0.1) is 0 Å². The van der Waals surface area contributed by atoms with E-state index in [9.17, 15) is 4.79 Å². The largest absolute Gasteiger partial charge is 0.300 e. The van der Waals surface area contributed by atoms with Crippen LogP contribution < -0.4 is 0 Å².